The third-order valence-electron chi connectivity index (χ3n) is 6.67. The van der Waals surface area contributed by atoms with E-state index in [4.69, 9.17) is 0 Å². The van der Waals surface area contributed by atoms with Crippen LogP contribution >= 0.6 is 0 Å². The Morgan fingerprint density at radius 2 is 0.704 bits per heavy atom. The molecule has 1 unspecified atom stereocenters. The molecule has 0 amide bonds. The second-order valence-corrected chi connectivity index (χ2v) is 29.3. The zero-order valence-corrected chi connectivity index (χ0v) is 24.3. The number of hydrogen-bond donors (Lipinski definition) is 0. The van der Waals surface area contributed by atoms with Crippen LogP contribution in [0.5, 0.6) is 0 Å². The fraction of sp³-hybridized carbons (Fsp3) is 1.00. The fourth-order valence-electron chi connectivity index (χ4n) is 4.57. The third-order valence-corrected chi connectivity index (χ3v) is 29.9. The highest BCUT2D eigenvalue weighted by atomic mass is 29.6. The minimum absolute atomic E-state index is 0.228. The highest BCUT2D eigenvalue weighted by molar-refractivity contribution is 7.41. The van der Waals surface area contributed by atoms with Crippen molar-refractivity contribution in [1.82, 2.24) is 0 Å². The van der Waals surface area contributed by atoms with Crippen molar-refractivity contribution in [1.29, 1.82) is 0 Å². The van der Waals surface area contributed by atoms with Crippen LogP contribution in [-0.4, -0.2) is 25.9 Å². The molecule has 0 aliphatic heterocycles. The topological polar surface area (TPSA) is 0 Å². The summed E-state index contributed by atoms with van der Waals surface area (Å²) in [6.45, 7) is 7.01. The Bertz CT molecular complexity index is 254. The van der Waals surface area contributed by atoms with Crippen molar-refractivity contribution in [3.8, 4) is 0 Å². The maximum atomic E-state index is 2.34. The molecule has 0 N–H and O–H groups in total. The lowest BCUT2D eigenvalue weighted by molar-refractivity contribution is 0.617. The van der Waals surface area contributed by atoms with Crippen LogP contribution in [0.25, 0.3) is 0 Å². The molecule has 0 radical (unpaired) electrons. The summed E-state index contributed by atoms with van der Waals surface area (Å²) in [7, 11) is 1.10. The van der Waals surface area contributed by atoms with Gasteiger partial charge in [-0.15, -0.1) is 0 Å². The van der Waals surface area contributed by atoms with Gasteiger partial charge in [0.2, 0.25) is 0 Å². The Morgan fingerprint density at radius 3 is 1.07 bits per heavy atom. The highest BCUT2D eigenvalue weighted by Crippen LogP contribution is 2.19. The Hall–Kier alpha value is 0.651. The first kappa shape index (κ1) is 27.7. The number of hydrogen-bond acceptors (Lipinski definition) is 0. The Morgan fingerprint density at radius 1 is 0.407 bits per heavy atom. The predicted octanol–water partition coefficient (Wildman–Crippen LogP) is 7.46. The first-order chi connectivity index (χ1) is 13.3. The zero-order valence-electron chi connectivity index (χ0n) is 20.0. The summed E-state index contributed by atoms with van der Waals surface area (Å²) >= 11 is 0. The molecule has 0 heterocycles. The second-order valence-electron chi connectivity index (χ2n) is 9.41. The summed E-state index contributed by atoms with van der Waals surface area (Å²) in [5.41, 5.74) is 0. The molecule has 0 aromatic heterocycles. The van der Waals surface area contributed by atoms with Gasteiger partial charge in [-0.25, -0.2) is 0 Å². The molecule has 0 aliphatic rings. The molecule has 0 aromatic carbocycles. The zero-order chi connectivity index (χ0) is 20.0. The average molecular weight is 429 g/mol. The minimum Gasteiger partial charge on any atom is -0.0654 e. The van der Waals surface area contributed by atoms with Crippen LogP contribution in [-0.2, 0) is 0 Å². The normalized spacial score (nSPS) is 12.9. The minimum atomic E-state index is -0.310. The van der Waals surface area contributed by atoms with Crippen LogP contribution in [0.2, 0.25) is 18.1 Å². The average Bonchev–Trinajstić information content (AvgIpc) is 2.68. The Kier molecular flexibility index (Phi) is 23.5. The van der Waals surface area contributed by atoms with Gasteiger partial charge in [-0.3, -0.25) is 0 Å². The van der Waals surface area contributed by atoms with Crippen LogP contribution in [0.15, 0.2) is 0 Å². The number of rotatable bonds is 22. The van der Waals surface area contributed by atoms with Gasteiger partial charge in [0.25, 0.3) is 0 Å². The molecular formula is C24H56Si3. The molecule has 0 aliphatic carbocycles. The van der Waals surface area contributed by atoms with E-state index < -0.39 is 0 Å². The van der Waals surface area contributed by atoms with Crippen LogP contribution in [0.1, 0.15) is 136 Å². The van der Waals surface area contributed by atoms with Gasteiger partial charge in [0.1, 0.15) is 0 Å². The largest absolute Gasteiger partial charge is 0.0654 e. The van der Waals surface area contributed by atoms with Gasteiger partial charge in [-0.2, -0.15) is 0 Å². The van der Waals surface area contributed by atoms with Crippen LogP contribution < -0.4 is 0 Å². The Labute approximate surface area is 180 Å². The molecule has 1 atom stereocenters. The molecule has 27 heavy (non-hydrogen) atoms. The maximum Gasteiger partial charge on any atom is 0.0245 e. The van der Waals surface area contributed by atoms with Crippen molar-refractivity contribution in [3.05, 3.63) is 0 Å². The van der Waals surface area contributed by atoms with E-state index in [9.17, 15) is 0 Å². The van der Waals surface area contributed by atoms with E-state index in [0.717, 1.165) is 0 Å². The lowest BCUT2D eigenvalue weighted by atomic mass is 10.1. The van der Waals surface area contributed by atoms with E-state index in [-0.39, 0.29) is 16.1 Å². The summed E-state index contributed by atoms with van der Waals surface area (Å²) in [5.74, 6) is 0. The molecule has 164 valence electrons. The van der Waals surface area contributed by atoms with E-state index in [1.54, 1.807) is 66.4 Å². The van der Waals surface area contributed by atoms with E-state index >= 15 is 0 Å². The predicted molar refractivity (Wildman–Crippen MR) is 139 cm³/mol. The van der Waals surface area contributed by atoms with Crippen molar-refractivity contribution in [3.63, 3.8) is 0 Å². The van der Waals surface area contributed by atoms with E-state index in [0.29, 0.717) is 0 Å². The van der Waals surface area contributed by atoms with E-state index in [1.807, 2.05) is 0 Å². The van der Waals surface area contributed by atoms with Crippen molar-refractivity contribution in [2.75, 3.05) is 0 Å². The summed E-state index contributed by atoms with van der Waals surface area (Å²) in [4.78, 5) is 0. The number of unbranched alkanes of at least 4 members (excludes halogenated alkanes) is 15. The molecule has 3 heteroatoms. The smallest absolute Gasteiger partial charge is 0.0245 e. The SMILES string of the molecule is CCCCCCCC[SiH]([SiH3])[SiH](CCCCCCCC)CCCCCCCC. The van der Waals surface area contributed by atoms with Gasteiger partial charge in [-0.1, -0.05) is 154 Å². The molecule has 0 saturated heterocycles. The molecule has 0 saturated carbocycles. The summed E-state index contributed by atoms with van der Waals surface area (Å²) < 4.78 is 0. The van der Waals surface area contributed by atoms with Gasteiger partial charge < -0.3 is 0 Å². The van der Waals surface area contributed by atoms with Gasteiger partial charge in [0.15, 0.2) is 0 Å². The van der Waals surface area contributed by atoms with E-state index in [1.165, 1.54) is 77.0 Å². The third kappa shape index (κ3) is 19.7. The first-order valence-electron chi connectivity index (χ1n) is 13.3. The molecule has 0 nitrogen and oxygen atoms in total. The molecule has 0 spiro atoms. The standard InChI is InChI=1S/C24H56Si3/c1-4-7-10-13-16-19-22-26(23-20-17-14-11-8-5-2)27(25)24-21-18-15-12-9-6-3/h26-27H,4-24H2,1-3,25H3. The highest BCUT2D eigenvalue weighted by Gasteiger charge is 2.19. The van der Waals surface area contributed by atoms with Gasteiger partial charge >= 0.3 is 0 Å². The first-order valence-corrected chi connectivity index (χ1v) is 23.0. The monoisotopic (exact) mass is 428 g/mol. The lowest BCUT2D eigenvalue weighted by Crippen LogP contribution is -2.36. The summed E-state index contributed by atoms with van der Waals surface area (Å²) in [6.07, 6.45) is 27.2. The molecule has 0 aromatic rings. The van der Waals surface area contributed by atoms with Crippen LogP contribution in [0.4, 0.5) is 0 Å². The summed E-state index contributed by atoms with van der Waals surface area (Å²) in [5, 5.41) is 0. The van der Waals surface area contributed by atoms with E-state index in [2.05, 4.69) is 20.8 Å². The summed E-state index contributed by atoms with van der Waals surface area (Å²) in [6, 6.07) is 5.25. The van der Waals surface area contributed by atoms with Gasteiger partial charge in [-0.05, 0) is 9.76 Å². The molecule has 0 bridgehead atoms. The van der Waals surface area contributed by atoms with Crippen molar-refractivity contribution >= 4 is 25.9 Å². The van der Waals surface area contributed by atoms with Gasteiger partial charge in [0, 0.05) is 16.1 Å². The van der Waals surface area contributed by atoms with Crippen molar-refractivity contribution in [2.45, 2.75) is 154 Å². The van der Waals surface area contributed by atoms with Gasteiger partial charge in [0.05, 0.1) is 0 Å². The molecule has 0 rings (SSSR count). The van der Waals surface area contributed by atoms with Crippen LogP contribution in [0.3, 0.4) is 0 Å². The van der Waals surface area contributed by atoms with Crippen LogP contribution in [0, 0.1) is 0 Å². The Balaban J connectivity index is 4.00. The molecule has 0 fully saturated rings. The lowest BCUT2D eigenvalue weighted by Gasteiger charge is -2.22. The maximum absolute atomic E-state index is 2.34. The molecular weight excluding hydrogens is 373 g/mol. The fourth-order valence-corrected chi connectivity index (χ4v) is 23.2. The van der Waals surface area contributed by atoms with Crippen molar-refractivity contribution < 1.29 is 0 Å². The second kappa shape index (κ2) is 22.9. The van der Waals surface area contributed by atoms with Crippen molar-refractivity contribution in [2.24, 2.45) is 0 Å². The quantitative estimate of drug-likeness (QED) is 0.124.